The van der Waals surface area contributed by atoms with Gasteiger partial charge in [-0.25, -0.2) is 9.97 Å². The topological polar surface area (TPSA) is 122 Å². The second-order valence-corrected chi connectivity index (χ2v) is 5.68. The quantitative estimate of drug-likeness (QED) is 0.567. The molecule has 132 valence electrons. The first-order chi connectivity index (χ1) is 11.9. The molecular weight excluding hydrogens is 320 g/mol. The van der Waals surface area contributed by atoms with Gasteiger partial charge in [0.25, 0.3) is 5.95 Å². The van der Waals surface area contributed by atoms with Gasteiger partial charge in [0.2, 0.25) is 17.8 Å². The lowest BCUT2D eigenvalue weighted by molar-refractivity contribution is -0.117. The van der Waals surface area contributed by atoms with Crippen LogP contribution in [0, 0.1) is 6.92 Å². The van der Waals surface area contributed by atoms with Crippen LogP contribution in [0.4, 0.5) is 5.95 Å². The summed E-state index contributed by atoms with van der Waals surface area (Å²) in [5.74, 6) is -0.542. The zero-order valence-corrected chi connectivity index (χ0v) is 14.6. The third-order valence-corrected chi connectivity index (χ3v) is 3.41. The molecule has 2 amide bonds. The molecule has 0 fully saturated rings. The van der Waals surface area contributed by atoms with Gasteiger partial charge in [-0.05, 0) is 44.0 Å². The number of amides is 2. The van der Waals surface area contributed by atoms with Crippen LogP contribution in [0.1, 0.15) is 31.5 Å². The van der Waals surface area contributed by atoms with Crippen LogP contribution >= 0.6 is 0 Å². The second kappa shape index (κ2) is 8.29. The van der Waals surface area contributed by atoms with Crippen LogP contribution in [0.15, 0.2) is 23.2 Å². The number of benzene rings is 1. The highest BCUT2D eigenvalue weighted by atomic mass is 16.2. The Morgan fingerprint density at radius 2 is 1.84 bits per heavy atom. The maximum atomic E-state index is 11.2. The van der Waals surface area contributed by atoms with Crippen molar-refractivity contribution in [3.63, 3.8) is 0 Å². The molecule has 25 heavy (non-hydrogen) atoms. The van der Waals surface area contributed by atoms with Gasteiger partial charge in [-0.1, -0.05) is 6.07 Å². The van der Waals surface area contributed by atoms with Crippen LogP contribution in [0.3, 0.4) is 0 Å². The number of guanidine groups is 1. The lowest BCUT2D eigenvalue weighted by Crippen LogP contribution is -2.41. The molecule has 0 aliphatic rings. The molecular formula is C17H22N6O2. The predicted molar refractivity (Wildman–Crippen MR) is 96.4 cm³/mol. The second-order valence-electron chi connectivity index (χ2n) is 5.68. The fourth-order valence-electron chi connectivity index (χ4n) is 2.35. The van der Waals surface area contributed by atoms with Crippen molar-refractivity contribution in [3.8, 4) is 0 Å². The van der Waals surface area contributed by atoms with E-state index in [0.29, 0.717) is 6.54 Å². The van der Waals surface area contributed by atoms with Crippen molar-refractivity contribution in [2.75, 3.05) is 6.54 Å². The van der Waals surface area contributed by atoms with Crippen molar-refractivity contribution in [2.45, 2.75) is 33.6 Å². The van der Waals surface area contributed by atoms with Gasteiger partial charge >= 0.3 is 0 Å². The van der Waals surface area contributed by atoms with Crippen molar-refractivity contribution in [1.29, 1.82) is 0 Å². The monoisotopic (exact) mass is 342 g/mol. The van der Waals surface area contributed by atoms with Crippen LogP contribution in [0.25, 0.3) is 10.9 Å². The predicted octanol–water partition coefficient (Wildman–Crippen LogP) is 1.09. The smallest absolute Gasteiger partial charge is 0.253 e. The highest BCUT2D eigenvalue weighted by Gasteiger charge is 2.09. The van der Waals surface area contributed by atoms with Crippen molar-refractivity contribution < 1.29 is 9.59 Å². The molecule has 0 saturated heterocycles. The van der Waals surface area contributed by atoms with Crippen LogP contribution in [0.2, 0.25) is 0 Å². The molecule has 1 aromatic heterocycles. The molecule has 2 aromatic rings. The minimum Gasteiger partial charge on any atom is -0.330 e. The van der Waals surface area contributed by atoms with Crippen LogP contribution in [-0.2, 0) is 16.0 Å². The van der Waals surface area contributed by atoms with E-state index in [1.807, 2.05) is 19.1 Å². The van der Waals surface area contributed by atoms with E-state index in [0.717, 1.165) is 29.4 Å². The average Bonchev–Trinajstić information content (AvgIpc) is 2.52. The zero-order valence-electron chi connectivity index (χ0n) is 14.6. The van der Waals surface area contributed by atoms with Gasteiger partial charge in [-0.3, -0.25) is 20.2 Å². The fraction of sp³-hybridized carbons (Fsp3) is 0.353. The first kappa shape index (κ1) is 18.5. The summed E-state index contributed by atoms with van der Waals surface area (Å²) in [6, 6.07) is 5.96. The Kier molecular flexibility index (Phi) is 6.13. The molecule has 0 radical (unpaired) electrons. The van der Waals surface area contributed by atoms with Gasteiger partial charge in [0, 0.05) is 19.2 Å². The first-order valence-electron chi connectivity index (χ1n) is 8.00. The summed E-state index contributed by atoms with van der Waals surface area (Å²) < 4.78 is 0. The lowest BCUT2D eigenvalue weighted by atomic mass is 10.1. The molecule has 4 N–H and O–H groups in total. The molecule has 2 rings (SSSR count). The highest BCUT2D eigenvalue weighted by Crippen LogP contribution is 2.20. The number of nitrogens with one attached hydrogen (secondary N) is 2. The third kappa shape index (κ3) is 5.32. The number of hydrogen-bond donors (Lipinski definition) is 3. The molecule has 0 unspecified atom stereocenters. The Morgan fingerprint density at radius 3 is 2.44 bits per heavy atom. The van der Waals surface area contributed by atoms with E-state index in [9.17, 15) is 9.59 Å². The summed E-state index contributed by atoms with van der Waals surface area (Å²) in [6.07, 6.45) is 1.82. The van der Waals surface area contributed by atoms with Crippen LogP contribution in [-0.4, -0.2) is 34.3 Å². The summed E-state index contributed by atoms with van der Waals surface area (Å²) in [4.78, 5) is 35.3. The molecule has 0 atom stereocenters. The maximum Gasteiger partial charge on any atom is 0.253 e. The summed E-state index contributed by atoms with van der Waals surface area (Å²) in [6.45, 7) is 5.17. The Balaban J connectivity index is 2.39. The highest BCUT2D eigenvalue weighted by molar-refractivity contribution is 6.04. The minimum absolute atomic E-state index is 0.00156. The minimum atomic E-state index is -0.352. The van der Waals surface area contributed by atoms with Gasteiger partial charge in [0.15, 0.2) is 0 Å². The van der Waals surface area contributed by atoms with E-state index in [1.54, 1.807) is 0 Å². The van der Waals surface area contributed by atoms with E-state index < -0.39 is 0 Å². The largest absolute Gasteiger partial charge is 0.330 e. The number of hydrogen-bond acceptors (Lipinski definition) is 6. The Labute approximate surface area is 145 Å². The zero-order chi connectivity index (χ0) is 18.4. The maximum absolute atomic E-state index is 11.2. The number of carbonyl (C=O) groups is 2. The van der Waals surface area contributed by atoms with Gasteiger partial charge in [-0.2, -0.15) is 4.99 Å². The van der Waals surface area contributed by atoms with Crippen molar-refractivity contribution in [1.82, 2.24) is 20.6 Å². The first-order valence-corrected chi connectivity index (χ1v) is 8.00. The summed E-state index contributed by atoms with van der Waals surface area (Å²) >= 11 is 0. The average molecular weight is 342 g/mol. The number of carbonyl (C=O) groups excluding carboxylic acids is 2. The molecule has 1 heterocycles. The third-order valence-electron chi connectivity index (χ3n) is 3.41. The van der Waals surface area contributed by atoms with Crippen LogP contribution in [0.5, 0.6) is 0 Å². The number of aryl methyl sites for hydroxylation is 2. The molecule has 0 bridgehead atoms. The fourth-order valence-corrected chi connectivity index (χ4v) is 2.35. The van der Waals surface area contributed by atoms with E-state index in [2.05, 4.69) is 31.7 Å². The molecule has 8 nitrogen and oxygen atoms in total. The van der Waals surface area contributed by atoms with Gasteiger partial charge < -0.3 is 5.73 Å². The van der Waals surface area contributed by atoms with Gasteiger partial charge in [-0.15, -0.1) is 0 Å². The summed E-state index contributed by atoms with van der Waals surface area (Å²) in [5, 5.41) is 5.83. The number of nitrogens with two attached hydrogens (primary N) is 1. The molecule has 1 aromatic carbocycles. The van der Waals surface area contributed by atoms with E-state index in [-0.39, 0.29) is 23.7 Å². The number of nitrogens with zero attached hydrogens (tertiary/aromatic N) is 3. The lowest BCUT2D eigenvalue weighted by Gasteiger charge is -2.08. The van der Waals surface area contributed by atoms with E-state index in [1.165, 1.54) is 19.4 Å². The van der Waals surface area contributed by atoms with Gasteiger partial charge in [0.05, 0.1) is 11.2 Å². The molecule has 0 aliphatic heterocycles. The number of aliphatic imine (C=N–C) groups is 1. The molecule has 0 aliphatic carbocycles. The molecule has 8 heteroatoms. The number of rotatable bonds is 4. The van der Waals surface area contributed by atoms with Gasteiger partial charge in [0.1, 0.15) is 0 Å². The number of fused-ring (bicyclic) bond motifs is 1. The Bertz CT molecular complexity index is 813. The Morgan fingerprint density at radius 1 is 1.16 bits per heavy atom. The SMILES string of the molecule is CC(=O)NC(=Nc1nc(C)c2cc(CCCN)ccc2n1)NC(C)=O. The van der Waals surface area contributed by atoms with E-state index >= 15 is 0 Å². The number of aromatic nitrogens is 2. The normalized spacial score (nSPS) is 10.4. The summed E-state index contributed by atoms with van der Waals surface area (Å²) in [5.41, 5.74) is 8.24. The van der Waals surface area contributed by atoms with Crippen molar-refractivity contribution >= 4 is 34.6 Å². The van der Waals surface area contributed by atoms with Crippen molar-refractivity contribution in [3.05, 3.63) is 29.5 Å². The summed E-state index contributed by atoms with van der Waals surface area (Å²) in [7, 11) is 0. The standard InChI is InChI=1S/C17H22N6O2/c1-10-14-9-13(5-4-8-18)6-7-15(14)22-16(19-10)23-17(20-11(2)24)21-12(3)25/h6-7,9H,4-5,8,18H2,1-3H3,(H2,19,20,21,22,23,24,25). The van der Waals surface area contributed by atoms with Crippen LogP contribution < -0.4 is 16.4 Å². The van der Waals surface area contributed by atoms with E-state index in [4.69, 9.17) is 5.73 Å². The Hall–Kier alpha value is -2.87. The molecule has 0 spiro atoms. The molecule has 0 saturated carbocycles. The van der Waals surface area contributed by atoms with Crippen molar-refractivity contribution in [2.24, 2.45) is 10.7 Å².